The van der Waals surface area contributed by atoms with Crippen molar-refractivity contribution < 1.29 is 33.0 Å². The first-order valence-electron chi connectivity index (χ1n) is 13.1. The van der Waals surface area contributed by atoms with Gasteiger partial charge in [-0.1, -0.05) is 0 Å². The summed E-state index contributed by atoms with van der Waals surface area (Å²) >= 11 is 0. The third kappa shape index (κ3) is 5.98. The summed E-state index contributed by atoms with van der Waals surface area (Å²) in [6.45, 7) is 3.49. The molecule has 2 aromatic heterocycles. The van der Waals surface area contributed by atoms with Crippen LogP contribution in [0.2, 0.25) is 0 Å². The van der Waals surface area contributed by atoms with Gasteiger partial charge in [-0.3, -0.25) is 9.59 Å². The topological polar surface area (TPSA) is 128 Å². The molecule has 2 aliphatic rings. The fourth-order valence-electron chi connectivity index (χ4n) is 4.95. The largest absolute Gasteiger partial charge is 0.489 e. The van der Waals surface area contributed by atoms with Crippen molar-refractivity contribution in [2.24, 2.45) is 5.73 Å². The Labute approximate surface area is 224 Å². The maximum absolute atomic E-state index is 14.3. The van der Waals surface area contributed by atoms with E-state index in [9.17, 15) is 23.5 Å². The number of carbonyl (C=O) groups excluding carboxylic acids is 2. The maximum atomic E-state index is 14.3. The molecule has 0 aliphatic heterocycles. The molecular formula is C28H32F2N4O5. The van der Waals surface area contributed by atoms with Gasteiger partial charge in [0, 0.05) is 18.0 Å². The summed E-state index contributed by atoms with van der Waals surface area (Å²) in [6, 6.07) is 5.01. The van der Waals surface area contributed by atoms with Crippen molar-refractivity contribution in [1.82, 2.24) is 14.9 Å². The van der Waals surface area contributed by atoms with Gasteiger partial charge < -0.3 is 25.6 Å². The number of hydrogen-bond donors (Lipinski definition) is 3. The summed E-state index contributed by atoms with van der Waals surface area (Å²) in [5.41, 5.74) is 5.97. The van der Waals surface area contributed by atoms with Crippen molar-refractivity contribution in [3.8, 4) is 11.5 Å². The van der Waals surface area contributed by atoms with Crippen molar-refractivity contribution in [3.63, 3.8) is 0 Å². The zero-order valence-corrected chi connectivity index (χ0v) is 21.9. The van der Waals surface area contributed by atoms with Crippen molar-refractivity contribution in [3.05, 3.63) is 58.9 Å². The molecule has 0 saturated heterocycles. The Balaban J connectivity index is 1.24. The molecule has 5 rings (SSSR count). The number of nitrogens with zero attached hydrogens (tertiary/aromatic N) is 2. The number of primary amides is 1. The number of pyridine rings is 1. The highest BCUT2D eigenvalue weighted by molar-refractivity contribution is 6.01. The number of aromatic nitrogens is 2. The third-order valence-corrected chi connectivity index (χ3v) is 7.04. The van der Waals surface area contributed by atoms with Gasteiger partial charge in [0.05, 0.1) is 40.2 Å². The maximum Gasteiger partial charge on any atom is 0.255 e. The lowest BCUT2D eigenvalue weighted by atomic mass is 9.92. The summed E-state index contributed by atoms with van der Waals surface area (Å²) in [6.07, 6.45) is 5.32. The molecule has 9 nitrogen and oxygen atoms in total. The molecule has 0 unspecified atom stereocenters. The third-order valence-electron chi connectivity index (χ3n) is 7.04. The van der Waals surface area contributed by atoms with E-state index in [2.05, 4.69) is 10.4 Å². The number of fused-ring (bicyclic) bond motifs is 1. The van der Waals surface area contributed by atoms with Crippen LogP contribution in [0.4, 0.5) is 8.78 Å². The first kappa shape index (κ1) is 26.9. The molecule has 2 amide bonds. The molecule has 208 valence electrons. The van der Waals surface area contributed by atoms with Gasteiger partial charge >= 0.3 is 0 Å². The Bertz CT molecular complexity index is 1410. The Kier molecular flexibility index (Phi) is 7.19. The Morgan fingerprint density at radius 1 is 1.13 bits per heavy atom. The molecule has 2 heterocycles. The molecule has 4 N–H and O–H groups in total. The van der Waals surface area contributed by atoms with Gasteiger partial charge in [0.1, 0.15) is 18.2 Å². The van der Waals surface area contributed by atoms with Crippen LogP contribution in [0.5, 0.6) is 11.5 Å². The second kappa shape index (κ2) is 10.4. The Hall–Kier alpha value is -3.73. The standard InChI is InChI=1S/C28H32F2N4O5/c1-28(2,37)14-38-23-10-9-22-20(13-32-34(22)24(23)15-3-4-15)27(36)33-17-5-7-18(8-6-17)39-25-19(26(31)35)11-16(29)12-21(25)30/h9-13,15,17-18,37H,3-8,14H2,1-2H3,(H2,31,35)(H,33,36). The lowest BCUT2D eigenvalue weighted by Crippen LogP contribution is -2.39. The predicted octanol–water partition coefficient (Wildman–Crippen LogP) is 3.86. The molecule has 0 atom stereocenters. The molecule has 0 bridgehead atoms. The number of benzene rings is 1. The van der Waals surface area contributed by atoms with E-state index in [-0.39, 0.29) is 35.8 Å². The van der Waals surface area contributed by atoms with Crippen LogP contribution in [-0.4, -0.2) is 50.9 Å². The van der Waals surface area contributed by atoms with Gasteiger partial charge in [-0.15, -0.1) is 0 Å². The van der Waals surface area contributed by atoms with Gasteiger partial charge in [0.15, 0.2) is 11.6 Å². The molecule has 2 saturated carbocycles. The van der Waals surface area contributed by atoms with E-state index >= 15 is 0 Å². The average Bonchev–Trinajstić information content (AvgIpc) is 3.61. The molecule has 0 radical (unpaired) electrons. The molecule has 2 fully saturated rings. The number of nitrogens with one attached hydrogen (secondary N) is 1. The number of amides is 2. The van der Waals surface area contributed by atoms with Crippen LogP contribution in [-0.2, 0) is 0 Å². The smallest absolute Gasteiger partial charge is 0.255 e. The van der Waals surface area contributed by atoms with Crippen LogP contribution in [0.25, 0.3) is 5.52 Å². The summed E-state index contributed by atoms with van der Waals surface area (Å²) < 4.78 is 41.2. The number of halogens is 2. The van der Waals surface area contributed by atoms with Gasteiger partial charge in [0.25, 0.3) is 11.8 Å². The minimum atomic E-state index is -0.980. The van der Waals surface area contributed by atoms with Crippen LogP contribution in [0, 0.1) is 11.6 Å². The number of hydrogen-bond acceptors (Lipinski definition) is 6. The Morgan fingerprint density at radius 2 is 1.85 bits per heavy atom. The molecule has 2 aliphatic carbocycles. The Morgan fingerprint density at radius 3 is 2.49 bits per heavy atom. The van der Waals surface area contributed by atoms with Gasteiger partial charge in [-0.25, -0.2) is 13.3 Å². The average molecular weight is 543 g/mol. The van der Waals surface area contributed by atoms with Crippen LogP contribution >= 0.6 is 0 Å². The zero-order chi connectivity index (χ0) is 27.9. The molecule has 3 aromatic rings. The fourth-order valence-corrected chi connectivity index (χ4v) is 4.95. The van der Waals surface area contributed by atoms with Crippen LogP contribution in [0.15, 0.2) is 30.5 Å². The molecule has 39 heavy (non-hydrogen) atoms. The highest BCUT2D eigenvalue weighted by Gasteiger charge is 2.32. The summed E-state index contributed by atoms with van der Waals surface area (Å²) in [5.74, 6) is -2.52. The van der Waals surface area contributed by atoms with Crippen LogP contribution in [0.3, 0.4) is 0 Å². The lowest BCUT2D eigenvalue weighted by molar-refractivity contribution is 0.0279. The first-order valence-corrected chi connectivity index (χ1v) is 13.1. The van der Waals surface area contributed by atoms with Gasteiger partial charge in [0.2, 0.25) is 0 Å². The monoisotopic (exact) mass is 542 g/mol. The quantitative estimate of drug-likeness (QED) is 0.377. The van der Waals surface area contributed by atoms with Crippen molar-refractivity contribution in [2.75, 3.05) is 6.61 Å². The summed E-state index contributed by atoms with van der Waals surface area (Å²) in [4.78, 5) is 24.8. The van der Waals surface area contributed by atoms with Crippen molar-refractivity contribution >= 4 is 17.3 Å². The minimum Gasteiger partial charge on any atom is -0.489 e. The molecular weight excluding hydrogens is 510 g/mol. The van der Waals surface area contributed by atoms with E-state index < -0.39 is 29.2 Å². The number of aliphatic hydroxyl groups is 1. The van der Waals surface area contributed by atoms with E-state index in [1.807, 2.05) is 6.07 Å². The predicted molar refractivity (Wildman–Crippen MR) is 138 cm³/mol. The van der Waals surface area contributed by atoms with Crippen molar-refractivity contribution in [2.45, 2.75) is 76.0 Å². The second-order valence-electron chi connectivity index (χ2n) is 11.0. The molecule has 1 aromatic carbocycles. The normalized spacial score (nSPS) is 19.6. The van der Waals surface area contributed by atoms with Crippen LogP contribution in [0.1, 0.15) is 84.7 Å². The van der Waals surface area contributed by atoms with E-state index in [1.165, 1.54) is 0 Å². The number of carbonyl (C=O) groups is 2. The van der Waals surface area contributed by atoms with Crippen LogP contribution < -0.4 is 20.5 Å². The SMILES string of the molecule is CC(C)(O)COc1ccc2c(C(=O)NC3CCC(Oc4c(F)cc(F)cc4C(N)=O)CC3)cnn2c1C1CC1. The highest BCUT2D eigenvalue weighted by Crippen LogP contribution is 2.44. The van der Waals surface area contributed by atoms with E-state index in [0.717, 1.165) is 24.6 Å². The molecule has 0 spiro atoms. The van der Waals surface area contributed by atoms with Crippen molar-refractivity contribution in [1.29, 1.82) is 0 Å². The number of rotatable bonds is 9. The molecule has 11 heteroatoms. The zero-order valence-electron chi connectivity index (χ0n) is 21.9. The number of nitrogens with two attached hydrogens (primary N) is 1. The highest BCUT2D eigenvalue weighted by atomic mass is 19.1. The van der Waals surface area contributed by atoms with Gasteiger partial charge in [-0.2, -0.15) is 5.10 Å². The minimum absolute atomic E-state index is 0.127. The first-order chi connectivity index (χ1) is 18.5. The van der Waals surface area contributed by atoms with Gasteiger partial charge in [-0.05, 0) is 70.6 Å². The fraction of sp³-hybridized carbons (Fsp3) is 0.464. The second-order valence-corrected chi connectivity index (χ2v) is 11.0. The number of ether oxygens (including phenoxy) is 2. The van der Waals surface area contributed by atoms with E-state index in [4.69, 9.17) is 15.2 Å². The van der Waals surface area contributed by atoms with E-state index in [1.54, 1.807) is 30.6 Å². The lowest BCUT2D eigenvalue weighted by Gasteiger charge is -2.30. The van der Waals surface area contributed by atoms with E-state index in [0.29, 0.717) is 48.6 Å². The summed E-state index contributed by atoms with van der Waals surface area (Å²) in [5, 5.41) is 17.6. The summed E-state index contributed by atoms with van der Waals surface area (Å²) in [7, 11) is 0.